The summed E-state index contributed by atoms with van der Waals surface area (Å²) in [4.78, 5) is 4.32. The van der Waals surface area contributed by atoms with Crippen molar-refractivity contribution < 1.29 is 0 Å². The smallest absolute Gasteiger partial charge is 0.163 e. The predicted octanol–water partition coefficient (Wildman–Crippen LogP) is 1.34. The molecule has 2 heterocycles. The maximum atomic E-state index is 5.65. The van der Waals surface area contributed by atoms with E-state index in [4.69, 9.17) is 5.73 Å². The first kappa shape index (κ1) is 8.38. The van der Waals surface area contributed by atoms with E-state index in [2.05, 4.69) is 10.1 Å². The average molecular weight is 198 g/mol. The lowest BCUT2D eigenvalue weighted by Crippen LogP contribution is -2.05. The van der Waals surface area contributed by atoms with Gasteiger partial charge in [-0.1, -0.05) is 12.1 Å². The van der Waals surface area contributed by atoms with Gasteiger partial charge in [0.15, 0.2) is 5.65 Å². The minimum absolute atomic E-state index is 0.465. The fourth-order valence-corrected chi connectivity index (χ4v) is 1.76. The average Bonchev–Trinajstić information content (AvgIpc) is 2.67. The topological polar surface area (TPSA) is 56.2 Å². The maximum Gasteiger partial charge on any atom is 0.163 e. The number of benzene rings is 1. The van der Waals surface area contributed by atoms with Gasteiger partial charge in [0.2, 0.25) is 0 Å². The lowest BCUT2D eigenvalue weighted by molar-refractivity contribution is 0.845. The van der Waals surface area contributed by atoms with Gasteiger partial charge in [-0.15, -0.1) is 0 Å². The fourth-order valence-electron chi connectivity index (χ4n) is 1.76. The summed E-state index contributed by atoms with van der Waals surface area (Å²) < 4.78 is 1.81. The minimum Gasteiger partial charge on any atom is -0.325 e. The van der Waals surface area contributed by atoms with Crippen molar-refractivity contribution in [1.82, 2.24) is 14.6 Å². The van der Waals surface area contributed by atoms with E-state index in [1.807, 2.05) is 34.8 Å². The van der Waals surface area contributed by atoms with Crippen LogP contribution in [0.5, 0.6) is 0 Å². The standard InChI is InChI=1S/C11H10N4/c12-7-8-5-6-13-11-9-3-1-2-4-10(9)14-15(8)11/h1-6H,7,12H2. The molecule has 1 aromatic carbocycles. The minimum atomic E-state index is 0.465. The van der Waals surface area contributed by atoms with Gasteiger partial charge in [-0.2, -0.15) is 5.10 Å². The monoisotopic (exact) mass is 198 g/mol. The Morgan fingerprint density at radius 1 is 1.20 bits per heavy atom. The van der Waals surface area contributed by atoms with Gasteiger partial charge >= 0.3 is 0 Å². The first-order valence-electron chi connectivity index (χ1n) is 4.81. The van der Waals surface area contributed by atoms with Crippen molar-refractivity contribution in [3.63, 3.8) is 0 Å². The van der Waals surface area contributed by atoms with Crippen LogP contribution in [-0.4, -0.2) is 14.6 Å². The normalized spacial score (nSPS) is 11.3. The summed E-state index contributed by atoms with van der Waals surface area (Å²) >= 11 is 0. The molecule has 3 aromatic rings. The van der Waals surface area contributed by atoms with Crippen LogP contribution in [0.4, 0.5) is 0 Å². The lowest BCUT2D eigenvalue weighted by Gasteiger charge is -1.98. The van der Waals surface area contributed by atoms with E-state index < -0.39 is 0 Å². The van der Waals surface area contributed by atoms with Gasteiger partial charge in [0.05, 0.1) is 11.2 Å². The molecule has 74 valence electrons. The van der Waals surface area contributed by atoms with Gasteiger partial charge in [-0.05, 0) is 18.2 Å². The maximum absolute atomic E-state index is 5.65. The van der Waals surface area contributed by atoms with Gasteiger partial charge in [-0.3, -0.25) is 0 Å². The number of nitrogens with zero attached hydrogens (tertiary/aromatic N) is 3. The Morgan fingerprint density at radius 2 is 2.07 bits per heavy atom. The molecule has 3 rings (SSSR count). The van der Waals surface area contributed by atoms with Gasteiger partial charge < -0.3 is 5.73 Å². The van der Waals surface area contributed by atoms with Crippen molar-refractivity contribution in [3.05, 3.63) is 42.2 Å². The highest BCUT2D eigenvalue weighted by Gasteiger charge is 2.06. The molecule has 2 N–H and O–H groups in total. The Morgan fingerprint density at radius 3 is 2.93 bits per heavy atom. The number of nitrogens with two attached hydrogens (primary N) is 1. The Labute approximate surface area is 86.3 Å². The van der Waals surface area contributed by atoms with Crippen LogP contribution >= 0.6 is 0 Å². The second-order valence-corrected chi connectivity index (χ2v) is 3.39. The first-order valence-corrected chi connectivity index (χ1v) is 4.81. The van der Waals surface area contributed by atoms with Crippen molar-refractivity contribution in [2.75, 3.05) is 0 Å². The number of aromatic nitrogens is 3. The van der Waals surface area contributed by atoms with Crippen LogP contribution in [0.1, 0.15) is 5.69 Å². The van der Waals surface area contributed by atoms with E-state index >= 15 is 0 Å². The summed E-state index contributed by atoms with van der Waals surface area (Å²) in [5.74, 6) is 0. The van der Waals surface area contributed by atoms with Crippen LogP contribution in [0, 0.1) is 0 Å². The highest BCUT2D eigenvalue weighted by atomic mass is 15.3. The zero-order chi connectivity index (χ0) is 10.3. The molecular formula is C11H10N4. The van der Waals surface area contributed by atoms with E-state index in [1.165, 1.54) is 0 Å². The summed E-state index contributed by atoms with van der Waals surface area (Å²) in [6.07, 6.45) is 1.77. The largest absolute Gasteiger partial charge is 0.325 e. The molecule has 0 radical (unpaired) electrons. The molecule has 2 aromatic heterocycles. The third-order valence-electron chi connectivity index (χ3n) is 2.50. The molecule has 0 aliphatic carbocycles. The second kappa shape index (κ2) is 3.03. The van der Waals surface area contributed by atoms with E-state index in [0.717, 1.165) is 22.2 Å². The van der Waals surface area contributed by atoms with Crippen LogP contribution in [0.15, 0.2) is 36.5 Å². The number of rotatable bonds is 1. The first-order chi connectivity index (χ1) is 7.40. The third-order valence-corrected chi connectivity index (χ3v) is 2.50. The fraction of sp³-hybridized carbons (Fsp3) is 0.0909. The molecule has 0 aliphatic rings. The number of hydrogen-bond acceptors (Lipinski definition) is 3. The summed E-state index contributed by atoms with van der Waals surface area (Å²) in [6.45, 7) is 0.465. The quantitative estimate of drug-likeness (QED) is 0.642. The Kier molecular flexibility index (Phi) is 1.69. The summed E-state index contributed by atoms with van der Waals surface area (Å²) in [6, 6.07) is 9.84. The van der Waals surface area contributed by atoms with E-state index in [1.54, 1.807) is 6.20 Å². The zero-order valence-corrected chi connectivity index (χ0v) is 8.09. The van der Waals surface area contributed by atoms with Crippen LogP contribution in [-0.2, 0) is 6.54 Å². The van der Waals surface area contributed by atoms with E-state index in [9.17, 15) is 0 Å². The number of fused-ring (bicyclic) bond motifs is 3. The molecule has 0 unspecified atom stereocenters. The Balaban J connectivity index is 2.53. The molecule has 0 bridgehead atoms. The molecular weight excluding hydrogens is 188 g/mol. The highest BCUT2D eigenvalue weighted by molar-refractivity contribution is 5.91. The highest BCUT2D eigenvalue weighted by Crippen LogP contribution is 2.17. The second-order valence-electron chi connectivity index (χ2n) is 3.39. The molecule has 0 atom stereocenters. The molecule has 4 nitrogen and oxygen atoms in total. The Bertz CT molecular complexity index is 627. The van der Waals surface area contributed by atoms with Gasteiger partial charge in [-0.25, -0.2) is 9.50 Å². The van der Waals surface area contributed by atoms with E-state index in [0.29, 0.717) is 6.54 Å². The predicted molar refractivity (Wildman–Crippen MR) is 58.4 cm³/mol. The van der Waals surface area contributed by atoms with Crippen LogP contribution in [0.25, 0.3) is 16.6 Å². The van der Waals surface area contributed by atoms with Crippen LogP contribution in [0.2, 0.25) is 0 Å². The lowest BCUT2D eigenvalue weighted by atomic mass is 10.2. The van der Waals surface area contributed by atoms with Crippen molar-refractivity contribution in [2.24, 2.45) is 5.73 Å². The van der Waals surface area contributed by atoms with Gasteiger partial charge in [0, 0.05) is 18.1 Å². The van der Waals surface area contributed by atoms with Crippen LogP contribution < -0.4 is 5.73 Å². The summed E-state index contributed by atoms with van der Waals surface area (Å²) in [5.41, 5.74) is 8.44. The number of hydrogen-bond donors (Lipinski definition) is 1. The van der Waals surface area contributed by atoms with Crippen LogP contribution in [0.3, 0.4) is 0 Å². The molecule has 0 amide bonds. The zero-order valence-electron chi connectivity index (χ0n) is 8.09. The Hall–Kier alpha value is -1.94. The molecule has 0 spiro atoms. The van der Waals surface area contributed by atoms with Gasteiger partial charge in [0.25, 0.3) is 0 Å². The molecule has 0 saturated carbocycles. The SMILES string of the molecule is NCc1ccnc2c3ccccc3nn12. The summed E-state index contributed by atoms with van der Waals surface area (Å²) in [5, 5.41) is 5.52. The molecule has 4 heteroatoms. The van der Waals surface area contributed by atoms with E-state index in [-0.39, 0.29) is 0 Å². The third kappa shape index (κ3) is 1.12. The van der Waals surface area contributed by atoms with Crippen molar-refractivity contribution in [2.45, 2.75) is 6.54 Å². The van der Waals surface area contributed by atoms with Gasteiger partial charge in [0.1, 0.15) is 0 Å². The van der Waals surface area contributed by atoms with Crippen molar-refractivity contribution in [1.29, 1.82) is 0 Å². The molecule has 0 aliphatic heterocycles. The molecule has 0 saturated heterocycles. The molecule has 0 fully saturated rings. The summed E-state index contributed by atoms with van der Waals surface area (Å²) in [7, 11) is 0. The van der Waals surface area contributed by atoms with Crippen molar-refractivity contribution >= 4 is 16.6 Å². The molecule has 15 heavy (non-hydrogen) atoms. The van der Waals surface area contributed by atoms with Crippen molar-refractivity contribution in [3.8, 4) is 0 Å².